The minimum Gasteiger partial charge on any atom is -0.320 e. The fourth-order valence-electron chi connectivity index (χ4n) is 2.67. The molecule has 0 aromatic heterocycles. The molecule has 2 rings (SSSR count). The Hall–Kier alpha value is -1.15. The monoisotopic (exact) mass is 503 g/mol. The number of hydrogen-bond acceptors (Lipinski definition) is 5. The maximum Gasteiger partial charge on any atom is 0.315 e. The van der Waals surface area contributed by atoms with Crippen LogP contribution in [0.2, 0.25) is 0 Å². The summed E-state index contributed by atoms with van der Waals surface area (Å²) in [5.74, 6) is -1.49. The van der Waals surface area contributed by atoms with Gasteiger partial charge in [0.05, 0.1) is 16.3 Å². The lowest BCUT2D eigenvalue weighted by Gasteiger charge is -2.33. The number of carbonyl (C=O) groups excluding carboxylic acids is 1. The highest BCUT2D eigenvalue weighted by Gasteiger charge is 2.32. The Balaban J connectivity index is 2.13. The lowest BCUT2D eigenvalue weighted by atomic mass is 10.3. The average Bonchev–Trinajstić information content (AvgIpc) is 2.63. The van der Waals surface area contributed by atoms with E-state index in [1.54, 1.807) is 6.92 Å². The topological polar surface area (TPSA) is 104 Å². The maximum absolute atomic E-state index is 12.8. The highest BCUT2D eigenvalue weighted by molar-refractivity contribution is 9.10. The first-order chi connectivity index (χ1) is 13.0. The number of anilines is 1. The van der Waals surface area contributed by atoms with Crippen LogP contribution < -0.4 is 5.32 Å². The summed E-state index contributed by atoms with van der Waals surface area (Å²) in [5.41, 5.74) is 0.0136. The average molecular weight is 504 g/mol. The second-order valence-electron chi connectivity index (χ2n) is 6.05. The summed E-state index contributed by atoms with van der Waals surface area (Å²) in [6.45, 7) is 1.89. The lowest BCUT2D eigenvalue weighted by Crippen LogP contribution is -2.50. The van der Waals surface area contributed by atoms with Gasteiger partial charge in [-0.1, -0.05) is 6.92 Å². The lowest BCUT2D eigenvalue weighted by molar-refractivity contribution is -0.126. The van der Waals surface area contributed by atoms with Gasteiger partial charge < -0.3 is 5.32 Å². The number of rotatable bonds is 7. The Labute approximate surface area is 171 Å². The molecule has 1 N–H and O–H groups in total. The summed E-state index contributed by atoms with van der Waals surface area (Å²) < 4.78 is 77.0. The summed E-state index contributed by atoms with van der Waals surface area (Å²) in [6.07, 6.45) is -2.72. The summed E-state index contributed by atoms with van der Waals surface area (Å²) in [7, 11) is -7.30. The van der Waals surface area contributed by atoms with Crippen LogP contribution in [0.25, 0.3) is 0 Å². The van der Waals surface area contributed by atoms with Crippen LogP contribution >= 0.6 is 15.9 Å². The Morgan fingerprint density at radius 3 is 2.21 bits per heavy atom. The van der Waals surface area contributed by atoms with Gasteiger partial charge in [-0.25, -0.2) is 16.8 Å². The van der Waals surface area contributed by atoms with Crippen LogP contribution in [0.15, 0.2) is 27.6 Å². The summed E-state index contributed by atoms with van der Waals surface area (Å²) >= 11 is 3.06. The van der Waals surface area contributed by atoms with E-state index in [0.717, 1.165) is 0 Å². The van der Waals surface area contributed by atoms with E-state index in [4.69, 9.17) is 0 Å². The Kier molecular flexibility index (Phi) is 7.53. The first kappa shape index (κ1) is 23.1. The molecule has 0 aliphatic carbocycles. The van der Waals surface area contributed by atoms with Crippen molar-refractivity contribution < 1.29 is 30.4 Å². The van der Waals surface area contributed by atoms with Crippen LogP contribution in [0.3, 0.4) is 0 Å². The van der Waals surface area contributed by atoms with Crippen molar-refractivity contribution in [1.29, 1.82) is 0 Å². The molecular formula is C15H20BrF2N3O5S2. The number of benzene rings is 1. The number of hydrogen-bond donors (Lipinski definition) is 1. The molecule has 0 bridgehead atoms. The van der Waals surface area contributed by atoms with Gasteiger partial charge in [0, 0.05) is 30.7 Å². The van der Waals surface area contributed by atoms with Crippen molar-refractivity contribution in [3.8, 4) is 0 Å². The number of carbonyl (C=O) groups is 1. The Morgan fingerprint density at radius 2 is 1.71 bits per heavy atom. The third-order valence-electron chi connectivity index (χ3n) is 4.09. The zero-order valence-corrected chi connectivity index (χ0v) is 18.2. The van der Waals surface area contributed by atoms with Crippen LogP contribution in [-0.4, -0.2) is 69.7 Å². The molecule has 0 unspecified atom stereocenters. The predicted octanol–water partition coefficient (Wildman–Crippen LogP) is 1.70. The van der Waals surface area contributed by atoms with Gasteiger partial charge in [0.15, 0.2) is 0 Å². The van der Waals surface area contributed by atoms with Crippen molar-refractivity contribution >= 4 is 47.6 Å². The van der Waals surface area contributed by atoms with Gasteiger partial charge in [-0.05, 0) is 40.5 Å². The fourth-order valence-corrected chi connectivity index (χ4v) is 6.24. The molecule has 158 valence electrons. The molecule has 1 aromatic carbocycles. The van der Waals surface area contributed by atoms with E-state index in [1.807, 2.05) is 5.32 Å². The Morgan fingerprint density at radius 1 is 1.14 bits per heavy atom. The van der Waals surface area contributed by atoms with Gasteiger partial charge in [0.2, 0.25) is 20.0 Å². The van der Waals surface area contributed by atoms with Crippen molar-refractivity contribution in [2.45, 2.75) is 24.7 Å². The fraction of sp³-hybridized carbons (Fsp3) is 0.533. The van der Waals surface area contributed by atoms with E-state index in [0.29, 0.717) is 6.42 Å². The van der Waals surface area contributed by atoms with E-state index in [-0.39, 0.29) is 47.0 Å². The second-order valence-corrected chi connectivity index (χ2v) is 10.9. The molecule has 0 atom stereocenters. The van der Waals surface area contributed by atoms with Gasteiger partial charge in [-0.15, -0.1) is 0 Å². The molecule has 0 spiro atoms. The normalized spacial score (nSPS) is 17.0. The number of amides is 1. The number of nitrogens with one attached hydrogen (secondary N) is 1. The summed E-state index contributed by atoms with van der Waals surface area (Å²) in [5, 5.41) is 1.98. The first-order valence-corrected chi connectivity index (χ1v) is 12.2. The zero-order chi connectivity index (χ0) is 21.1. The molecule has 1 aliphatic rings. The molecule has 1 fully saturated rings. The minimum atomic E-state index is -3.91. The van der Waals surface area contributed by atoms with Gasteiger partial charge in [0.1, 0.15) is 0 Å². The van der Waals surface area contributed by atoms with Crippen LogP contribution in [-0.2, 0) is 24.8 Å². The molecule has 0 saturated carbocycles. The number of sulfonamides is 2. The minimum absolute atomic E-state index is 0.00671. The third kappa shape index (κ3) is 5.26. The van der Waals surface area contributed by atoms with Crippen LogP contribution in [0.5, 0.6) is 0 Å². The van der Waals surface area contributed by atoms with Crippen LogP contribution in [0, 0.1) is 0 Å². The van der Waals surface area contributed by atoms with E-state index >= 15 is 0 Å². The molecule has 13 heteroatoms. The molecular weight excluding hydrogens is 484 g/mol. The van der Waals surface area contributed by atoms with Crippen molar-refractivity contribution in [3.05, 3.63) is 22.7 Å². The van der Waals surface area contributed by atoms with Gasteiger partial charge in [-0.3, -0.25) is 4.79 Å². The van der Waals surface area contributed by atoms with Gasteiger partial charge >= 0.3 is 6.43 Å². The first-order valence-electron chi connectivity index (χ1n) is 8.35. The molecule has 1 heterocycles. The summed E-state index contributed by atoms with van der Waals surface area (Å²) in [4.78, 5) is 11.0. The smallest absolute Gasteiger partial charge is 0.315 e. The second kappa shape index (κ2) is 9.11. The molecule has 8 nitrogen and oxygen atoms in total. The predicted molar refractivity (Wildman–Crippen MR) is 103 cm³/mol. The number of halogens is 3. The van der Waals surface area contributed by atoms with Crippen molar-refractivity contribution in [3.63, 3.8) is 0 Å². The highest BCUT2D eigenvalue weighted by Crippen LogP contribution is 2.28. The van der Waals surface area contributed by atoms with E-state index in [1.165, 1.54) is 26.8 Å². The van der Waals surface area contributed by atoms with Crippen molar-refractivity contribution in [2.24, 2.45) is 0 Å². The van der Waals surface area contributed by atoms with Gasteiger partial charge in [-0.2, -0.15) is 17.4 Å². The van der Waals surface area contributed by atoms with Crippen molar-refractivity contribution in [2.75, 3.05) is 37.2 Å². The third-order valence-corrected chi connectivity index (χ3v) is 8.71. The number of piperazine rings is 1. The number of alkyl halides is 2. The standard InChI is InChI=1S/C15H20BrF2N3O5S2/c1-2-9-27(23,24)20-5-7-21(8-6-20)28(25,26)11-3-4-13(12(16)10-11)19-15(22)14(17)18/h3-4,10,14H,2,5-9H2,1H3,(H,19,22). The SMILES string of the molecule is CCCS(=O)(=O)N1CCN(S(=O)(=O)c2ccc(NC(=O)C(F)F)c(Br)c2)CC1. The summed E-state index contributed by atoms with van der Waals surface area (Å²) in [6, 6.07) is 3.61. The maximum atomic E-state index is 12.8. The van der Waals surface area contributed by atoms with Gasteiger partial charge in [0.25, 0.3) is 5.91 Å². The highest BCUT2D eigenvalue weighted by atomic mass is 79.9. The zero-order valence-electron chi connectivity index (χ0n) is 14.9. The van der Waals surface area contributed by atoms with E-state index < -0.39 is 32.4 Å². The van der Waals surface area contributed by atoms with Crippen molar-refractivity contribution in [1.82, 2.24) is 8.61 Å². The Bertz CT molecular complexity index is 933. The molecule has 28 heavy (non-hydrogen) atoms. The largest absolute Gasteiger partial charge is 0.320 e. The molecule has 1 aromatic rings. The van der Waals surface area contributed by atoms with E-state index in [9.17, 15) is 30.4 Å². The van der Waals surface area contributed by atoms with Crippen LogP contribution in [0.1, 0.15) is 13.3 Å². The molecule has 1 aliphatic heterocycles. The molecule has 1 amide bonds. The van der Waals surface area contributed by atoms with Crippen LogP contribution in [0.4, 0.5) is 14.5 Å². The molecule has 1 saturated heterocycles. The number of nitrogens with zero attached hydrogens (tertiary/aromatic N) is 2. The van der Waals surface area contributed by atoms with E-state index in [2.05, 4.69) is 15.9 Å². The quantitative estimate of drug-likeness (QED) is 0.609. The molecule has 0 radical (unpaired) electrons.